The molecule has 0 bridgehead atoms. The largest absolute Gasteiger partial charge is 0.390 e. The number of amides is 2. The number of nitrogens with one attached hydrogen (secondary N) is 1. The standard InChI is InChI=1S/C33H37ClN4O5S2/c1-2-3-13-30-36-32(34)28(22-39)37(30)21-24-14-16-25(17-15-24)26-11-7-8-12-27(26)38(45(42)43)31(40)18-19-35-33(41)29(44)20-23-9-5-4-6-10-23/h4-12,14-17,29,39,44H,2-3,13,18-22H2,1H3,(H,35,41)(H,42,43). The van der Waals surface area contributed by atoms with E-state index in [1.165, 1.54) is 0 Å². The summed E-state index contributed by atoms with van der Waals surface area (Å²) in [5.74, 6) is -0.127. The summed E-state index contributed by atoms with van der Waals surface area (Å²) in [7, 11) is 0. The van der Waals surface area contributed by atoms with E-state index in [2.05, 4.69) is 29.9 Å². The molecule has 4 rings (SSSR count). The van der Waals surface area contributed by atoms with E-state index in [0.717, 1.165) is 46.1 Å². The van der Waals surface area contributed by atoms with E-state index in [1.807, 2.05) is 59.2 Å². The second-order valence-corrected chi connectivity index (χ2v) is 12.3. The van der Waals surface area contributed by atoms with Crippen LogP contribution in [0, 0.1) is 0 Å². The molecular weight excluding hydrogens is 632 g/mol. The van der Waals surface area contributed by atoms with Crippen molar-refractivity contribution in [2.45, 2.75) is 57.4 Å². The van der Waals surface area contributed by atoms with E-state index < -0.39 is 22.4 Å². The van der Waals surface area contributed by atoms with E-state index in [9.17, 15) is 23.5 Å². The van der Waals surface area contributed by atoms with Gasteiger partial charge in [-0.25, -0.2) is 13.5 Å². The van der Waals surface area contributed by atoms with Gasteiger partial charge in [0.05, 0.1) is 23.2 Å². The van der Waals surface area contributed by atoms with Crippen LogP contribution in [0.1, 0.15) is 48.8 Å². The van der Waals surface area contributed by atoms with Crippen molar-refractivity contribution in [2.24, 2.45) is 0 Å². The van der Waals surface area contributed by atoms with Crippen LogP contribution in [0.3, 0.4) is 0 Å². The Labute approximate surface area is 276 Å². The fraction of sp³-hybridized carbons (Fsp3) is 0.303. The smallest absolute Gasteiger partial charge is 0.268 e. The third kappa shape index (κ3) is 9.05. The Morgan fingerprint density at radius 3 is 2.40 bits per heavy atom. The second-order valence-electron chi connectivity index (χ2n) is 10.5. The number of aliphatic hydroxyl groups excluding tert-OH is 1. The first-order chi connectivity index (χ1) is 21.7. The molecule has 0 fully saturated rings. The van der Waals surface area contributed by atoms with Gasteiger partial charge in [-0.1, -0.05) is 97.7 Å². The lowest BCUT2D eigenvalue weighted by atomic mass is 10.0. The van der Waals surface area contributed by atoms with Crippen LogP contribution >= 0.6 is 24.2 Å². The van der Waals surface area contributed by atoms with Gasteiger partial charge in [-0.05, 0) is 35.6 Å². The van der Waals surface area contributed by atoms with Crippen LogP contribution in [-0.2, 0) is 46.8 Å². The number of aromatic nitrogens is 2. The molecule has 0 radical (unpaired) electrons. The van der Waals surface area contributed by atoms with E-state index >= 15 is 0 Å². The van der Waals surface area contributed by atoms with E-state index in [1.54, 1.807) is 24.3 Å². The van der Waals surface area contributed by atoms with Gasteiger partial charge in [-0.3, -0.25) is 14.1 Å². The first-order valence-electron chi connectivity index (χ1n) is 14.7. The number of halogens is 1. The zero-order valence-electron chi connectivity index (χ0n) is 24.9. The van der Waals surface area contributed by atoms with Crippen molar-refractivity contribution in [3.05, 3.63) is 107 Å². The van der Waals surface area contributed by atoms with Crippen LogP contribution in [0.25, 0.3) is 11.1 Å². The van der Waals surface area contributed by atoms with Gasteiger partial charge in [0, 0.05) is 31.5 Å². The van der Waals surface area contributed by atoms with E-state index in [0.29, 0.717) is 29.4 Å². The molecule has 45 heavy (non-hydrogen) atoms. The summed E-state index contributed by atoms with van der Waals surface area (Å²) in [4.78, 5) is 30.2. The number of nitrogens with zero attached hydrogens (tertiary/aromatic N) is 3. The lowest BCUT2D eigenvalue weighted by Gasteiger charge is -2.22. The first kappa shape index (κ1) is 34.4. The van der Waals surface area contributed by atoms with Crippen LogP contribution in [0.4, 0.5) is 5.69 Å². The van der Waals surface area contributed by atoms with Gasteiger partial charge in [0.1, 0.15) is 5.82 Å². The number of imidazole rings is 1. The maximum atomic E-state index is 13.2. The molecule has 2 atom stereocenters. The number of carbonyl (C=O) groups is 2. The summed E-state index contributed by atoms with van der Waals surface area (Å²) in [5.41, 5.74) is 4.07. The maximum Gasteiger partial charge on any atom is 0.268 e. The highest BCUT2D eigenvalue weighted by Gasteiger charge is 2.25. The number of unbranched alkanes of at least 4 members (excludes halogenated alkanes) is 1. The van der Waals surface area contributed by atoms with Crippen molar-refractivity contribution in [2.75, 3.05) is 10.8 Å². The Hall–Kier alpha value is -3.48. The Kier molecular flexibility index (Phi) is 12.8. The molecule has 3 aromatic carbocycles. The summed E-state index contributed by atoms with van der Waals surface area (Å²) >= 11 is 8.04. The van der Waals surface area contributed by atoms with Crippen molar-refractivity contribution in [1.29, 1.82) is 0 Å². The van der Waals surface area contributed by atoms with Crippen molar-refractivity contribution in [1.82, 2.24) is 14.9 Å². The molecule has 0 aliphatic rings. The summed E-state index contributed by atoms with van der Waals surface area (Å²) in [6, 6.07) is 23.9. The number of aliphatic hydroxyl groups is 1. The van der Waals surface area contributed by atoms with Crippen molar-refractivity contribution >= 4 is 53.0 Å². The number of hydrogen-bond donors (Lipinski definition) is 4. The quantitative estimate of drug-likeness (QED) is 0.0965. The number of benzene rings is 3. The molecule has 238 valence electrons. The minimum absolute atomic E-state index is 0.0115. The summed E-state index contributed by atoms with van der Waals surface area (Å²) in [5, 5.41) is 12.3. The van der Waals surface area contributed by atoms with Crippen LogP contribution in [0.2, 0.25) is 5.15 Å². The van der Waals surface area contributed by atoms with Crippen LogP contribution in [0.15, 0.2) is 78.9 Å². The van der Waals surface area contributed by atoms with Gasteiger partial charge >= 0.3 is 0 Å². The minimum Gasteiger partial charge on any atom is -0.390 e. The zero-order valence-corrected chi connectivity index (χ0v) is 27.4. The summed E-state index contributed by atoms with van der Waals surface area (Å²) in [6.45, 7) is 2.33. The number of thiol groups is 1. The molecule has 12 heteroatoms. The van der Waals surface area contributed by atoms with Crippen molar-refractivity contribution in [3.63, 3.8) is 0 Å². The first-order valence-corrected chi connectivity index (χ1v) is 16.7. The summed E-state index contributed by atoms with van der Waals surface area (Å²) in [6.07, 6.45) is 2.95. The SMILES string of the molecule is CCCCc1nc(Cl)c(CO)n1Cc1ccc(-c2ccccc2N(C(=O)CCNC(=O)C(S)Cc2ccccc2)S(=O)O)cc1. The molecule has 1 heterocycles. The second kappa shape index (κ2) is 16.7. The lowest BCUT2D eigenvalue weighted by Crippen LogP contribution is -2.38. The van der Waals surface area contributed by atoms with Gasteiger partial charge < -0.3 is 15.0 Å². The molecule has 4 aromatic rings. The monoisotopic (exact) mass is 668 g/mol. The molecular formula is C33H37ClN4O5S2. The number of anilines is 1. The van der Waals surface area contributed by atoms with Gasteiger partial charge in [-0.2, -0.15) is 12.6 Å². The lowest BCUT2D eigenvalue weighted by molar-refractivity contribution is -0.120. The summed E-state index contributed by atoms with van der Waals surface area (Å²) < 4.78 is 25.4. The molecule has 2 unspecified atom stereocenters. The molecule has 0 aliphatic heterocycles. The molecule has 9 nitrogen and oxygen atoms in total. The number of carbonyl (C=O) groups excluding carboxylic acids is 2. The topological polar surface area (TPSA) is 125 Å². The normalized spacial score (nSPS) is 12.5. The molecule has 0 spiro atoms. The average molecular weight is 669 g/mol. The fourth-order valence-corrected chi connectivity index (χ4v) is 6.14. The average Bonchev–Trinajstić information content (AvgIpc) is 3.34. The Bertz CT molecular complexity index is 1620. The number of rotatable bonds is 15. The molecule has 1 aromatic heterocycles. The zero-order chi connectivity index (χ0) is 32.3. The predicted molar refractivity (Wildman–Crippen MR) is 182 cm³/mol. The van der Waals surface area contributed by atoms with Gasteiger partial charge in [0.25, 0.3) is 11.3 Å². The molecule has 3 N–H and O–H groups in total. The van der Waals surface area contributed by atoms with Gasteiger partial charge in [0.2, 0.25) is 11.8 Å². The Morgan fingerprint density at radius 2 is 1.73 bits per heavy atom. The Morgan fingerprint density at radius 1 is 1.04 bits per heavy atom. The number of hydrogen-bond acceptors (Lipinski definition) is 6. The van der Waals surface area contributed by atoms with Gasteiger partial charge in [0.15, 0.2) is 5.15 Å². The molecule has 0 aliphatic carbocycles. The third-order valence-corrected chi connectivity index (χ3v) is 8.76. The Balaban J connectivity index is 1.46. The predicted octanol–water partition coefficient (Wildman–Crippen LogP) is 5.60. The maximum absolute atomic E-state index is 13.2. The van der Waals surface area contributed by atoms with Crippen molar-refractivity contribution < 1.29 is 23.5 Å². The molecule has 0 saturated carbocycles. The van der Waals surface area contributed by atoms with Crippen LogP contribution < -0.4 is 9.62 Å². The minimum atomic E-state index is -2.65. The number of para-hydroxylation sites is 1. The fourth-order valence-electron chi connectivity index (χ4n) is 4.98. The highest BCUT2D eigenvalue weighted by molar-refractivity contribution is 7.82. The van der Waals surface area contributed by atoms with E-state index in [-0.39, 0.29) is 31.2 Å². The highest BCUT2D eigenvalue weighted by atomic mass is 35.5. The molecule has 0 saturated heterocycles. The van der Waals surface area contributed by atoms with Crippen molar-refractivity contribution in [3.8, 4) is 11.1 Å². The van der Waals surface area contributed by atoms with Crippen LogP contribution in [0.5, 0.6) is 0 Å². The highest BCUT2D eigenvalue weighted by Crippen LogP contribution is 2.32. The third-order valence-electron chi connectivity index (χ3n) is 7.33. The number of aryl methyl sites for hydroxylation is 1. The van der Waals surface area contributed by atoms with E-state index in [4.69, 9.17) is 11.6 Å². The van der Waals surface area contributed by atoms with Gasteiger partial charge in [-0.15, -0.1) is 0 Å². The van der Waals surface area contributed by atoms with Crippen LogP contribution in [-0.4, -0.2) is 47.0 Å². The molecule has 2 amide bonds.